The average molecular weight is 541 g/mol. The molecule has 3 aliphatic heterocycles. The maximum Gasteiger partial charge on any atom is 0.313 e. The van der Waals surface area contributed by atoms with Crippen molar-refractivity contribution in [1.29, 1.82) is 0 Å². The quantitative estimate of drug-likeness (QED) is 0.321. The summed E-state index contributed by atoms with van der Waals surface area (Å²) >= 11 is 0. The number of hydrogen-bond donors (Lipinski definition) is 1. The molecule has 1 N–H and O–H groups in total. The van der Waals surface area contributed by atoms with Crippen LogP contribution in [0.2, 0.25) is 0 Å². The molecule has 3 fully saturated rings. The van der Waals surface area contributed by atoms with Crippen LogP contribution in [0.3, 0.4) is 0 Å². The minimum Gasteiger partial charge on any atom is -0.497 e. The Morgan fingerprint density at radius 1 is 1.23 bits per heavy atom. The van der Waals surface area contributed by atoms with Crippen LogP contribution >= 0.6 is 0 Å². The van der Waals surface area contributed by atoms with E-state index in [2.05, 4.69) is 13.2 Å². The first-order valence-electron chi connectivity index (χ1n) is 13.6. The lowest BCUT2D eigenvalue weighted by Crippen LogP contribution is -2.59. The predicted octanol–water partition coefficient (Wildman–Crippen LogP) is 3.12. The van der Waals surface area contributed by atoms with Gasteiger partial charge in [0.2, 0.25) is 5.91 Å². The van der Waals surface area contributed by atoms with Gasteiger partial charge in [-0.3, -0.25) is 14.4 Å². The molecule has 2 unspecified atom stereocenters. The van der Waals surface area contributed by atoms with E-state index in [0.717, 1.165) is 0 Å². The molecule has 6 atom stereocenters. The minimum absolute atomic E-state index is 0.0165. The Kier molecular flexibility index (Phi) is 8.23. The summed E-state index contributed by atoms with van der Waals surface area (Å²) in [5.74, 6) is -2.21. The van der Waals surface area contributed by atoms with Gasteiger partial charge in [0.15, 0.2) is 0 Å². The molecular weight excluding hydrogens is 500 g/mol. The molecule has 2 amide bonds. The van der Waals surface area contributed by atoms with E-state index in [0.29, 0.717) is 30.7 Å². The molecule has 3 saturated heterocycles. The zero-order chi connectivity index (χ0) is 28.5. The van der Waals surface area contributed by atoms with Gasteiger partial charge in [-0.1, -0.05) is 32.6 Å². The summed E-state index contributed by atoms with van der Waals surface area (Å²) in [5.41, 5.74) is -1.56. The van der Waals surface area contributed by atoms with Gasteiger partial charge in [-0.05, 0) is 56.4 Å². The Balaban J connectivity index is 1.83. The van der Waals surface area contributed by atoms with E-state index in [1.54, 1.807) is 42.4 Å². The van der Waals surface area contributed by atoms with Gasteiger partial charge in [0.05, 0.1) is 31.3 Å². The monoisotopic (exact) mass is 540 g/mol. The lowest BCUT2D eigenvalue weighted by Gasteiger charge is -2.40. The van der Waals surface area contributed by atoms with Gasteiger partial charge in [0, 0.05) is 12.2 Å². The number of likely N-dealkylation sites (tertiary alicyclic amines) is 1. The highest BCUT2D eigenvalue weighted by Gasteiger charge is 2.79. The number of benzene rings is 1. The molecule has 0 saturated carbocycles. The summed E-state index contributed by atoms with van der Waals surface area (Å²) in [5, 5.41) is 10.4. The molecule has 1 aromatic carbocycles. The van der Waals surface area contributed by atoms with Crippen molar-refractivity contribution < 1.29 is 33.7 Å². The molecule has 3 aliphatic rings. The van der Waals surface area contributed by atoms with Gasteiger partial charge >= 0.3 is 5.97 Å². The molecule has 2 bridgehead atoms. The van der Waals surface area contributed by atoms with Crippen LogP contribution < -0.4 is 9.64 Å². The number of ether oxygens (including phenoxy) is 3. The lowest BCUT2D eigenvalue weighted by atomic mass is 9.66. The Hall–Kier alpha value is -3.17. The number of rotatable bonds is 12. The second-order valence-electron chi connectivity index (χ2n) is 11.3. The van der Waals surface area contributed by atoms with E-state index in [1.165, 1.54) is 11.0 Å². The van der Waals surface area contributed by atoms with Crippen molar-refractivity contribution in [3.05, 3.63) is 49.6 Å². The maximum atomic E-state index is 14.6. The first kappa shape index (κ1) is 28.8. The van der Waals surface area contributed by atoms with Crippen molar-refractivity contribution in [2.45, 2.75) is 63.3 Å². The Morgan fingerprint density at radius 3 is 2.49 bits per heavy atom. The second-order valence-corrected chi connectivity index (χ2v) is 11.3. The number of amides is 2. The van der Waals surface area contributed by atoms with Crippen molar-refractivity contribution in [2.75, 3.05) is 31.8 Å². The van der Waals surface area contributed by atoms with Crippen molar-refractivity contribution in [3.63, 3.8) is 0 Å². The van der Waals surface area contributed by atoms with E-state index < -0.39 is 41.1 Å². The fraction of sp³-hybridized carbons (Fsp3) is 0.567. The van der Waals surface area contributed by atoms with Crippen LogP contribution in [0, 0.1) is 17.8 Å². The van der Waals surface area contributed by atoms with Crippen LogP contribution in [-0.2, 0) is 23.9 Å². The van der Waals surface area contributed by atoms with Gasteiger partial charge in [-0.25, -0.2) is 0 Å². The van der Waals surface area contributed by atoms with Gasteiger partial charge in [-0.2, -0.15) is 0 Å². The van der Waals surface area contributed by atoms with Crippen LogP contribution in [0.15, 0.2) is 49.6 Å². The summed E-state index contributed by atoms with van der Waals surface area (Å²) in [6.07, 6.45) is 4.52. The number of anilines is 1. The number of hydrogen-bond acceptors (Lipinski definition) is 7. The van der Waals surface area contributed by atoms with Gasteiger partial charge in [0.25, 0.3) is 5.91 Å². The minimum atomic E-state index is -1.23. The third-order valence-corrected chi connectivity index (χ3v) is 8.36. The van der Waals surface area contributed by atoms with E-state index >= 15 is 0 Å². The third-order valence-electron chi connectivity index (χ3n) is 8.36. The predicted molar refractivity (Wildman–Crippen MR) is 146 cm³/mol. The zero-order valence-electron chi connectivity index (χ0n) is 23.3. The number of carbonyl (C=O) groups is 3. The molecule has 0 aromatic heterocycles. The third kappa shape index (κ3) is 4.76. The molecule has 1 spiro atoms. The van der Waals surface area contributed by atoms with Gasteiger partial charge in [-0.15, -0.1) is 6.58 Å². The van der Waals surface area contributed by atoms with E-state index in [-0.39, 0.29) is 37.5 Å². The Labute approximate surface area is 230 Å². The fourth-order valence-electron chi connectivity index (χ4n) is 6.81. The highest BCUT2D eigenvalue weighted by atomic mass is 16.6. The zero-order valence-corrected chi connectivity index (χ0v) is 23.3. The molecule has 0 aliphatic carbocycles. The first-order chi connectivity index (χ1) is 18.6. The molecule has 4 rings (SSSR count). The van der Waals surface area contributed by atoms with Crippen molar-refractivity contribution in [1.82, 2.24) is 4.90 Å². The highest BCUT2D eigenvalue weighted by molar-refractivity contribution is 6.05. The number of aliphatic hydroxyl groups is 1. The largest absolute Gasteiger partial charge is 0.497 e. The molecule has 9 nitrogen and oxygen atoms in total. The molecule has 212 valence electrons. The van der Waals surface area contributed by atoms with Gasteiger partial charge in [0.1, 0.15) is 29.9 Å². The summed E-state index contributed by atoms with van der Waals surface area (Å²) in [6.45, 7) is 13.2. The number of esters is 1. The maximum absolute atomic E-state index is 14.6. The lowest BCUT2D eigenvalue weighted by molar-refractivity contribution is -0.159. The average Bonchev–Trinajstić information content (AvgIpc) is 3.49. The normalized spacial score (nSPS) is 29.7. The van der Waals surface area contributed by atoms with E-state index in [9.17, 15) is 19.5 Å². The summed E-state index contributed by atoms with van der Waals surface area (Å²) < 4.78 is 17.4. The summed E-state index contributed by atoms with van der Waals surface area (Å²) in [7, 11) is 1.57. The number of aliphatic hydroxyl groups excluding tert-OH is 1. The Morgan fingerprint density at radius 2 is 1.92 bits per heavy atom. The van der Waals surface area contributed by atoms with E-state index in [4.69, 9.17) is 14.2 Å². The number of carbonyl (C=O) groups excluding carboxylic acids is 3. The van der Waals surface area contributed by atoms with Crippen molar-refractivity contribution in [3.8, 4) is 5.75 Å². The van der Waals surface area contributed by atoms with Crippen molar-refractivity contribution in [2.24, 2.45) is 17.8 Å². The molecular formula is C30H40N2O7. The topological polar surface area (TPSA) is 106 Å². The molecule has 3 heterocycles. The van der Waals surface area contributed by atoms with Crippen molar-refractivity contribution >= 4 is 23.5 Å². The number of nitrogens with zero attached hydrogens (tertiary/aromatic N) is 2. The fourth-order valence-corrected chi connectivity index (χ4v) is 6.81. The number of fused-ring (bicyclic) bond motifs is 1. The second kappa shape index (κ2) is 11.1. The van der Waals surface area contributed by atoms with Crippen LogP contribution in [0.5, 0.6) is 5.75 Å². The van der Waals surface area contributed by atoms with E-state index in [1.807, 2.05) is 20.8 Å². The summed E-state index contributed by atoms with van der Waals surface area (Å²) in [4.78, 5) is 45.3. The Bertz CT molecular complexity index is 1120. The molecule has 9 heteroatoms. The van der Waals surface area contributed by atoms with Crippen LogP contribution in [-0.4, -0.2) is 77.9 Å². The van der Waals surface area contributed by atoms with Gasteiger partial charge < -0.3 is 29.1 Å². The van der Waals surface area contributed by atoms with Crippen LogP contribution in [0.1, 0.15) is 40.0 Å². The standard InChI is InChI=1S/C30H40N2O7/c1-7-15-31(20-9-11-22(37-6)12-10-20)27(35)25-30-14-13-29(5,39-30)24(28(36)38-16-8-2)23(30)26(34)32(25)21(18-33)17-19(3)4/h7-12,19,21,23-25,33H,1-2,13-18H2,3-6H3/t21-,23+,24+,25?,29-,30?/m1/s1. The highest BCUT2D eigenvalue weighted by Crippen LogP contribution is 2.64. The number of methoxy groups -OCH3 is 1. The molecule has 0 radical (unpaired) electrons. The molecule has 1 aromatic rings. The summed E-state index contributed by atoms with van der Waals surface area (Å²) in [6, 6.07) is 5.42. The first-order valence-corrected chi connectivity index (χ1v) is 13.6. The SMILES string of the molecule is C=CCOC(=O)[C@@H]1[C@H]2C(=O)N([C@@H](CO)CC(C)C)C(C(=O)N(CC=C)c3ccc(OC)cc3)C23CC[C@@]1(C)O3. The molecule has 39 heavy (non-hydrogen) atoms. The van der Waals surface area contributed by atoms with Crippen LogP contribution in [0.4, 0.5) is 5.69 Å². The smallest absolute Gasteiger partial charge is 0.313 e. The van der Waals surface area contributed by atoms with Crippen LogP contribution in [0.25, 0.3) is 0 Å².